The molecule has 1 fully saturated rings. The van der Waals surface area contributed by atoms with Crippen LogP contribution in [-0.2, 0) is 6.54 Å². The Balaban J connectivity index is 2.00. The topological polar surface area (TPSA) is 58.4 Å². The molecule has 18 heavy (non-hydrogen) atoms. The van der Waals surface area contributed by atoms with Gasteiger partial charge in [0, 0.05) is 30.6 Å². The van der Waals surface area contributed by atoms with Crippen LogP contribution < -0.4 is 5.32 Å². The quantitative estimate of drug-likeness (QED) is 0.635. The number of nitrogens with one attached hydrogen (secondary N) is 1. The Morgan fingerprint density at radius 1 is 1.67 bits per heavy atom. The van der Waals surface area contributed by atoms with Crippen molar-refractivity contribution in [2.45, 2.75) is 32.4 Å². The zero-order chi connectivity index (χ0) is 13.0. The molecule has 1 N–H and O–H groups in total. The van der Waals surface area contributed by atoms with Crippen LogP contribution in [0.3, 0.4) is 0 Å². The molecule has 1 aromatic heterocycles. The minimum Gasteiger partial charge on any atom is -0.315 e. The number of hydrogen-bond donors (Lipinski definition) is 1. The molecule has 0 radical (unpaired) electrons. The Morgan fingerprint density at radius 2 is 2.50 bits per heavy atom. The second kappa shape index (κ2) is 6.26. The maximum absolute atomic E-state index is 10.7. The lowest BCUT2D eigenvalue weighted by atomic mass is 10.2. The summed E-state index contributed by atoms with van der Waals surface area (Å²) in [4.78, 5) is 12.8. The van der Waals surface area contributed by atoms with Gasteiger partial charge in [-0.1, -0.05) is 18.3 Å². The van der Waals surface area contributed by atoms with Gasteiger partial charge in [0.2, 0.25) is 0 Å². The molecule has 1 saturated heterocycles. The monoisotopic (exact) mass is 269 g/mol. The van der Waals surface area contributed by atoms with Crippen LogP contribution in [0.2, 0.25) is 0 Å². The normalized spacial score (nSPS) is 19.6. The van der Waals surface area contributed by atoms with Gasteiger partial charge in [0.15, 0.2) is 0 Å². The smallest absolute Gasteiger partial charge is 0.315 e. The van der Waals surface area contributed by atoms with Gasteiger partial charge >= 0.3 is 5.00 Å². The van der Waals surface area contributed by atoms with Crippen LogP contribution in [0.4, 0.5) is 5.00 Å². The first kappa shape index (κ1) is 13.5. The van der Waals surface area contributed by atoms with Crippen LogP contribution in [0.25, 0.3) is 0 Å². The largest absolute Gasteiger partial charge is 0.324 e. The van der Waals surface area contributed by atoms with E-state index >= 15 is 0 Å². The van der Waals surface area contributed by atoms with Gasteiger partial charge in [0.25, 0.3) is 0 Å². The molecule has 1 unspecified atom stereocenters. The van der Waals surface area contributed by atoms with Gasteiger partial charge in [-0.05, 0) is 31.5 Å². The predicted molar refractivity (Wildman–Crippen MR) is 72.9 cm³/mol. The Kier molecular flexibility index (Phi) is 4.68. The average molecular weight is 269 g/mol. The lowest BCUT2D eigenvalue weighted by molar-refractivity contribution is -0.380. The second-order valence-electron chi connectivity index (χ2n) is 4.67. The van der Waals surface area contributed by atoms with E-state index in [0.29, 0.717) is 6.04 Å². The van der Waals surface area contributed by atoms with Crippen molar-refractivity contribution >= 4 is 16.3 Å². The first-order valence-corrected chi connectivity index (χ1v) is 7.25. The summed E-state index contributed by atoms with van der Waals surface area (Å²) >= 11 is 1.22. The molecule has 0 aliphatic carbocycles. The minimum absolute atomic E-state index is 0.242. The van der Waals surface area contributed by atoms with Crippen LogP contribution >= 0.6 is 11.3 Å². The highest BCUT2D eigenvalue weighted by molar-refractivity contribution is 7.13. The summed E-state index contributed by atoms with van der Waals surface area (Å²) in [6.45, 7) is 6.16. The fourth-order valence-corrected chi connectivity index (χ4v) is 3.13. The molecule has 0 saturated carbocycles. The number of hydrogen-bond acceptors (Lipinski definition) is 5. The Hall–Kier alpha value is -0.980. The van der Waals surface area contributed by atoms with Crippen LogP contribution in [0, 0.1) is 10.1 Å². The van der Waals surface area contributed by atoms with Gasteiger partial charge < -0.3 is 5.32 Å². The molecule has 0 spiro atoms. The Bertz CT molecular complexity index is 402. The summed E-state index contributed by atoms with van der Waals surface area (Å²) < 4.78 is 0. The van der Waals surface area contributed by atoms with Gasteiger partial charge in [-0.3, -0.25) is 15.0 Å². The Morgan fingerprint density at radius 3 is 3.06 bits per heavy atom. The van der Waals surface area contributed by atoms with Gasteiger partial charge in [-0.2, -0.15) is 0 Å². The van der Waals surface area contributed by atoms with Gasteiger partial charge in [0.1, 0.15) is 0 Å². The molecule has 100 valence electrons. The van der Waals surface area contributed by atoms with Crippen molar-refractivity contribution in [3.05, 3.63) is 27.1 Å². The molecule has 2 heterocycles. The summed E-state index contributed by atoms with van der Waals surface area (Å²) in [6.07, 6.45) is 2.29. The maximum Gasteiger partial charge on any atom is 0.324 e. The number of nitrogens with zero attached hydrogens (tertiary/aromatic N) is 2. The fraction of sp³-hybridized carbons (Fsp3) is 0.667. The summed E-state index contributed by atoms with van der Waals surface area (Å²) in [5, 5.41) is 16.2. The molecule has 2 rings (SSSR count). The zero-order valence-corrected chi connectivity index (χ0v) is 11.4. The molecule has 1 atom stereocenters. The van der Waals surface area contributed by atoms with Crippen molar-refractivity contribution in [2.24, 2.45) is 0 Å². The number of thiophene rings is 1. The summed E-state index contributed by atoms with van der Waals surface area (Å²) in [5.74, 6) is 0. The van der Waals surface area contributed by atoms with E-state index in [1.54, 1.807) is 6.07 Å². The predicted octanol–water partition coefficient (Wildman–Crippen LogP) is 2.23. The SMILES string of the molecule is CCCN(Cc1csc([N+](=O)[O-])c1)C1CCNC1. The molecule has 5 nitrogen and oxygen atoms in total. The van der Waals surface area contributed by atoms with Gasteiger partial charge in [0.05, 0.1) is 4.92 Å². The maximum atomic E-state index is 10.7. The molecule has 6 heteroatoms. The number of nitro groups is 1. The van der Waals surface area contributed by atoms with Crippen LogP contribution in [0.15, 0.2) is 11.4 Å². The molecule has 1 aliphatic heterocycles. The van der Waals surface area contributed by atoms with E-state index in [2.05, 4.69) is 17.1 Å². The van der Waals surface area contributed by atoms with Crippen LogP contribution in [0.1, 0.15) is 25.3 Å². The van der Waals surface area contributed by atoms with E-state index in [4.69, 9.17) is 0 Å². The van der Waals surface area contributed by atoms with Gasteiger partial charge in [-0.25, -0.2) is 0 Å². The molecule has 0 amide bonds. The summed E-state index contributed by atoms with van der Waals surface area (Å²) in [5.41, 5.74) is 1.06. The highest BCUT2D eigenvalue weighted by Crippen LogP contribution is 2.24. The van der Waals surface area contributed by atoms with E-state index < -0.39 is 0 Å². The first-order chi connectivity index (χ1) is 8.70. The van der Waals surface area contributed by atoms with E-state index in [-0.39, 0.29) is 9.92 Å². The molecular formula is C12H19N3O2S. The third kappa shape index (κ3) is 3.28. The lowest BCUT2D eigenvalue weighted by Gasteiger charge is -2.27. The molecular weight excluding hydrogens is 250 g/mol. The molecule has 0 bridgehead atoms. The Labute approximate surface area is 111 Å². The van der Waals surface area contributed by atoms with Gasteiger partial charge in [-0.15, -0.1) is 0 Å². The summed E-state index contributed by atoms with van der Waals surface area (Å²) in [6, 6.07) is 2.28. The highest BCUT2D eigenvalue weighted by atomic mass is 32.1. The number of rotatable bonds is 6. The fourth-order valence-electron chi connectivity index (χ4n) is 2.40. The van der Waals surface area contributed by atoms with E-state index in [0.717, 1.165) is 38.2 Å². The molecule has 0 aromatic carbocycles. The van der Waals surface area contributed by atoms with Crippen molar-refractivity contribution < 1.29 is 4.92 Å². The zero-order valence-electron chi connectivity index (χ0n) is 10.6. The van der Waals surface area contributed by atoms with Crippen molar-refractivity contribution in [2.75, 3.05) is 19.6 Å². The first-order valence-electron chi connectivity index (χ1n) is 6.37. The minimum atomic E-state index is -0.310. The van der Waals surface area contributed by atoms with Crippen molar-refractivity contribution in [3.8, 4) is 0 Å². The molecule has 1 aliphatic rings. The van der Waals surface area contributed by atoms with Crippen molar-refractivity contribution in [1.29, 1.82) is 0 Å². The third-order valence-electron chi connectivity index (χ3n) is 3.27. The van der Waals surface area contributed by atoms with Crippen LogP contribution in [-0.4, -0.2) is 35.5 Å². The average Bonchev–Trinajstić information content (AvgIpc) is 2.99. The van der Waals surface area contributed by atoms with E-state index in [9.17, 15) is 10.1 Å². The lowest BCUT2D eigenvalue weighted by Crippen LogP contribution is -2.36. The third-order valence-corrected chi connectivity index (χ3v) is 4.20. The highest BCUT2D eigenvalue weighted by Gasteiger charge is 2.22. The van der Waals surface area contributed by atoms with E-state index in [1.165, 1.54) is 17.8 Å². The van der Waals surface area contributed by atoms with Crippen molar-refractivity contribution in [3.63, 3.8) is 0 Å². The second-order valence-corrected chi connectivity index (χ2v) is 5.56. The molecule has 1 aromatic rings. The van der Waals surface area contributed by atoms with Crippen molar-refractivity contribution in [1.82, 2.24) is 10.2 Å². The van der Waals surface area contributed by atoms with Crippen LogP contribution in [0.5, 0.6) is 0 Å². The summed E-state index contributed by atoms with van der Waals surface area (Å²) in [7, 11) is 0. The standard InChI is InChI=1S/C12H19N3O2S/c1-2-5-14(11-3-4-13-7-11)8-10-6-12(15(16)17)18-9-10/h6,9,11,13H,2-5,7-8H2,1H3. The van der Waals surface area contributed by atoms with E-state index in [1.807, 2.05) is 5.38 Å².